The van der Waals surface area contributed by atoms with Crippen molar-refractivity contribution in [3.8, 4) is 5.75 Å². The molecular formula is C12H14INO2. The van der Waals surface area contributed by atoms with Gasteiger partial charge in [-0.1, -0.05) is 12.1 Å². The Balaban J connectivity index is 1.70. The van der Waals surface area contributed by atoms with Gasteiger partial charge in [-0.2, -0.15) is 0 Å². The Labute approximate surface area is 109 Å². The Bertz CT molecular complexity index is 377. The summed E-state index contributed by atoms with van der Waals surface area (Å²) in [7, 11) is 0. The number of nitrogens with one attached hydrogen (secondary N) is 1. The maximum Gasteiger partial charge on any atom is 0.223 e. The van der Waals surface area contributed by atoms with E-state index in [-0.39, 0.29) is 5.91 Å². The van der Waals surface area contributed by atoms with Gasteiger partial charge in [0.1, 0.15) is 5.75 Å². The van der Waals surface area contributed by atoms with Crippen molar-refractivity contribution in [3.05, 3.63) is 27.8 Å². The first-order valence-electron chi connectivity index (χ1n) is 5.42. The molecule has 0 bridgehead atoms. The van der Waals surface area contributed by atoms with Crippen LogP contribution in [0.25, 0.3) is 0 Å². The molecule has 0 radical (unpaired) electrons. The second-order valence-corrected chi connectivity index (χ2v) is 5.03. The zero-order valence-electron chi connectivity index (χ0n) is 8.91. The minimum Gasteiger partial charge on any atom is -0.492 e. The molecule has 3 nitrogen and oxygen atoms in total. The van der Waals surface area contributed by atoms with Crippen LogP contribution in [-0.4, -0.2) is 18.6 Å². The lowest BCUT2D eigenvalue weighted by Gasteiger charge is -2.07. The van der Waals surface area contributed by atoms with Crippen molar-refractivity contribution >= 4 is 28.5 Å². The molecule has 1 fully saturated rings. The van der Waals surface area contributed by atoms with Crippen LogP contribution in [0.1, 0.15) is 19.3 Å². The Kier molecular flexibility index (Phi) is 4.04. The van der Waals surface area contributed by atoms with Crippen LogP contribution in [-0.2, 0) is 4.79 Å². The summed E-state index contributed by atoms with van der Waals surface area (Å²) in [4.78, 5) is 11.4. The molecule has 0 atom stereocenters. The first-order chi connectivity index (χ1) is 7.75. The SMILES string of the molecule is O=C(CCOc1ccccc1I)NC1CC1. The molecule has 0 aromatic heterocycles. The molecule has 1 aliphatic carbocycles. The number of carbonyl (C=O) groups excluding carboxylic acids is 1. The van der Waals surface area contributed by atoms with Gasteiger partial charge >= 0.3 is 0 Å². The van der Waals surface area contributed by atoms with E-state index in [1.807, 2.05) is 24.3 Å². The number of benzene rings is 1. The molecule has 1 amide bonds. The van der Waals surface area contributed by atoms with Gasteiger partial charge < -0.3 is 10.1 Å². The van der Waals surface area contributed by atoms with E-state index < -0.39 is 0 Å². The maximum absolute atomic E-state index is 11.4. The highest BCUT2D eigenvalue weighted by Crippen LogP contribution is 2.20. The zero-order valence-corrected chi connectivity index (χ0v) is 11.1. The van der Waals surface area contributed by atoms with E-state index in [2.05, 4.69) is 27.9 Å². The van der Waals surface area contributed by atoms with Crippen LogP contribution >= 0.6 is 22.6 Å². The molecule has 1 N–H and O–H groups in total. The molecule has 0 unspecified atom stereocenters. The molecule has 1 aromatic rings. The molecule has 0 aliphatic heterocycles. The third-order valence-corrected chi connectivity index (χ3v) is 3.26. The molecule has 1 aromatic carbocycles. The summed E-state index contributed by atoms with van der Waals surface area (Å²) < 4.78 is 6.61. The summed E-state index contributed by atoms with van der Waals surface area (Å²) in [6.07, 6.45) is 2.69. The molecule has 0 heterocycles. The van der Waals surface area contributed by atoms with Crippen LogP contribution in [0.3, 0.4) is 0 Å². The summed E-state index contributed by atoms with van der Waals surface area (Å²) in [5.74, 6) is 0.941. The standard InChI is InChI=1S/C12H14INO2/c13-10-3-1-2-4-11(10)16-8-7-12(15)14-9-5-6-9/h1-4,9H,5-8H2,(H,14,15). The summed E-state index contributed by atoms with van der Waals surface area (Å²) in [5.41, 5.74) is 0. The second kappa shape index (κ2) is 5.52. The molecule has 0 saturated heterocycles. The van der Waals surface area contributed by atoms with Crippen LogP contribution < -0.4 is 10.1 Å². The number of amides is 1. The molecule has 1 aliphatic rings. The molecule has 4 heteroatoms. The smallest absolute Gasteiger partial charge is 0.223 e. The minimum atomic E-state index is 0.0911. The van der Waals surface area contributed by atoms with Crippen LogP contribution in [0.4, 0.5) is 0 Å². The summed E-state index contributed by atoms with van der Waals surface area (Å²) in [5, 5.41) is 2.93. The maximum atomic E-state index is 11.4. The molecule has 1 saturated carbocycles. The lowest BCUT2D eigenvalue weighted by atomic mass is 10.3. The van der Waals surface area contributed by atoms with Crippen molar-refractivity contribution in [2.45, 2.75) is 25.3 Å². The highest BCUT2D eigenvalue weighted by Gasteiger charge is 2.22. The fourth-order valence-electron chi connectivity index (χ4n) is 1.34. The van der Waals surface area contributed by atoms with Gasteiger partial charge in [-0.15, -0.1) is 0 Å². The van der Waals surface area contributed by atoms with Gasteiger partial charge in [0.2, 0.25) is 5.91 Å². The predicted octanol–water partition coefficient (Wildman–Crippen LogP) is 2.34. The van der Waals surface area contributed by atoms with E-state index in [4.69, 9.17) is 4.74 Å². The first kappa shape index (κ1) is 11.7. The zero-order chi connectivity index (χ0) is 11.4. The van der Waals surface area contributed by atoms with Crippen molar-refractivity contribution in [2.24, 2.45) is 0 Å². The number of halogens is 1. The minimum absolute atomic E-state index is 0.0911. The monoisotopic (exact) mass is 331 g/mol. The number of hydrogen-bond acceptors (Lipinski definition) is 2. The topological polar surface area (TPSA) is 38.3 Å². The van der Waals surface area contributed by atoms with Gasteiger partial charge in [-0.25, -0.2) is 0 Å². The summed E-state index contributed by atoms with van der Waals surface area (Å²) in [6, 6.07) is 8.24. The normalized spacial score (nSPS) is 14.6. The Morgan fingerprint density at radius 3 is 2.88 bits per heavy atom. The number of carbonyl (C=O) groups is 1. The molecule has 2 rings (SSSR count). The Hall–Kier alpha value is -0.780. The lowest BCUT2D eigenvalue weighted by Crippen LogP contribution is -2.26. The van der Waals surface area contributed by atoms with Crippen LogP contribution in [0, 0.1) is 3.57 Å². The highest BCUT2D eigenvalue weighted by molar-refractivity contribution is 14.1. The quantitative estimate of drug-likeness (QED) is 0.841. The Morgan fingerprint density at radius 2 is 2.19 bits per heavy atom. The first-order valence-corrected chi connectivity index (χ1v) is 6.50. The van der Waals surface area contributed by atoms with E-state index in [9.17, 15) is 4.79 Å². The van der Waals surface area contributed by atoms with Crippen molar-refractivity contribution in [3.63, 3.8) is 0 Å². The molecule has 16 heavy (non-hydrogen) atoms. The van der Waals surface area contributed by atoms with E-state index in [1.54, 1.807) is 0 Å². The molecule has 0 spiro atoms. The lowest BCUT2D eigenvalue weighted by molar-refractivity contribution is -0.121. The van der Waals surface area contributed by atoms with Gasteiger partial charge in [0.15, 0.2) is 0 Å². The van der Waals surface area contributed by atoms with E-state index >= 15 is 0 Å². The van der Waals surface area contributed by atoms with E-state index in [0.717, 1.165) is 22.2 Å². The third-order valence-electron chi connectivity index (χ3n) is 2.37. The summed E-state index contributed by atoms with van der Waals surface area (Å²) >= 11 is 2.22. The van der Waals surface area contributed by atoms with Crippen LogP contribution in [0.2, 0.25) is 0 Å². The van der Waals surface area contributed by atoms with Gasteiger partial charge in [0.25, 0.3) is 0 Å². The molecule has 86 valence electrons. The fraction of sp³-hybridized carbons (Fsp3) is 0.417. The second-order valence-electron chi connectivity index (χ2n) is 3.87. The van der Waals surface area contributed by atoms with Gasteiger partial charge in [-0.3, -0.25) is 4.79 Å². The number of para-hydroxylation sites is 1. The number of hydrogen-bond donors (Lipinski definition) is 1. The van der Waals surface area contributed by atoms with Crippen LogP contribution in [0.15, 0.2) is 24.3 Å². The average molecular weight is 331 g/mol. The number of rotatable bonds is 5. The predicted molar refractivity (Wildman–Crippen MR) is 70.4 cm³/mol. The van der Waals surface area contributed by atoms with Gasteiger partial charge in [0, 0.05) is 6.04 Å². The largest absolute Gasteiger partial charge is 0.492 e. The van der Waals surface area contributed by atoms with Crippen molar-refractivity contribution in [2.75, 3.05) is 6.61 Å². The Morgan fingerprint density at radius 1 is 1.44 bits per heavy atom. The van der Waals surface area contributed by atoms with Crippen LogP contribution in [0.5, 0.6) is 5.75 Å². The highest BCUT2D eigenvalue weighted by atomic mass is 127. The van der Waals surface area contributed by atoms with E-state index in [1.165, 1.54) is 0 Å². The summed E-state index contributed by atoms with van der Waals surface area (Å²) in [6.45, 7) is 0.443. The number of ether oxygens (including phenoxy) is 1. The van der Waals surface area contributed by atoms with Crippen molar-refractivity contribution in [1.82, 2.24) is 5.32 Å². The van der Waals surface area contributed by atoms with Gasteiger partial charge in [-0.05, 0) is 47.6 Å². The fourth-order valence-corrected chi connectivity index (χ4v) is 1.89. The van der Waals surface area contributed by atoms with Crippen molar-refractivity contribution in [1.29, 1.82) is 0 Å². The van der Waals surface area contributed by atoms with Crippen molar-refractivity contribution < 1.29 is 9.53 Å². The molecular weight excluding hydrogens is 317 g/mol. The average Bonchev–Trinajstić information content (AvgIpc) is 3.05. The van der Waals surface area contributed by atoms with E-state index in [0.29, 0.717) is 19.1 Å². The third kappa shape index (κ3) is 3.66. The van der Waals surface area contributed by atoms with Gasteiger partial charge in [0.05, 0.1) is 16.6 Å².